The minimum atomic E-state index is -0.966. The zero-order valence-corrected chi connectivity index (χ0v) is 21.2. The molecule has 1 atom stereocenters. The van der Waals surface area contributed by atoms with Crippen molar-refractivity contribution in [3.63, 3.8) is 0 Å². The van der Waals surface area contributed by atoms with Gasteiger partial charge in [-0.1, -0.05) is 56.3 Å². The Labute approximate surface area is 209 Å². The number of carbonyl (C=O) groups is 2. The van der Waals surface area contributed by atoms with Gasteiger partial charge in [-0.3, -0.25) is 0 Å². The number of aliphatic carboxylic acids is 1. The van der Waals surface area contributed by atoms with E-state index in [2.05, 4.69) is 31.3 Å². The topological polar surface area (TPSA) is 88.1 Å². The van der Waals surface area contributed by atoms with Gasteiger partial charge in [0.1, 0.15) is 12.4 Å². The van der Waals surface area contributed by atoms with Gasteiger partial charge in [0.2, 0.25) is 0 Å². The van der Waals surface area contributed by atoms with Crippen molar-refractivity contribution in [2.75, 3.05) is 32.8 Å². The summed E-state index contributed by atoms with van der Waals surface area (Å²) in [4.78, 5) is 25.8. The monoisotopic (exact) mass is 484 g/mol. The Morgan fingerprint density at radius 3 is 2.31 bits per heavy atom. The van der Waals surface area contributed by atoms with Crippen LogP contribution in [0, 0.1) is 5.92 Å². The first-order valence-electron chi connectivity index (χ1n) is 12.5. The lowest BCUT2D eigenvalue weighted by atomic mass is 10.1. The molecule has 7 nitrogen and oxygen atoms in total. The Morgan fingerprint density at radius 1 is 0.971 bits per heavy atom. The minimum Gasteiger partial charge on any atom is -0.492 e. The van der Waals surface area contributed by atoms with Crippen molar-refractivity contribution < 1.29 is 24.2 Å². The first-order chi connectivity index (χ1) is 16.9. The summed E-state index contributed by atoms with van der Waals surface area (Å²) in [6, 6.07) is 17.7. The second-order valence-corrected chi connectivity index (χ2v) is 8.99. The molecule has 2 rings (SSSR count). The number of aryl methyl sites for hydroxylation is 1. The van der Waals surface area contributed by atoms with Crippen molar-refractivity contribution in [3.8, 4) is 5.75 Å². The summed E-state index contributed by atoms with van der Waals surface area (Å²) in [5.41, 5.74) is 2.18. The third-order valence-corrected chi connectivity index (χ3v) is 5.55. The van der Waals surface area contributed by atoms with Crippen LogP contribution in [-0.4, -0.2) is 61.0 Å². The maximum Gasteiger partial charge on any atom is 0.333 e. The SMILES string of the molecule is CCOC(Cc1ccc(OCCN(CCCCc2ccccc2)C(=O)NCC(C)C)cc1)C(=O)O. The van der Waals surface area contributed by atoms with E-state index >= 15 is 0 Å². The predicted molar refractivity (Wildman–Crippen MR) is 138 cm³/mol. The molecular weight excluding hydrogens is 444 g/mol. The quantitative estimate of drug-likeness (QED) is 0.335. The number of hydrogen-bond acceptors (Lipinski definition) is 4. The molecule has 2 aromatic carbocycles. The van der Waals surface area contributed by atoms with Gasteiger partial charge in [0.05, 0.1) is 6.54 Å². The van der Waals surface area contributed by atoms with E-state index in [4.69, 9.17) is 9.47 Å². The number of carboxylic acid groups (broad SMARTS) is 1. The molecule has 0 saturated carbocycles. The van der Waals surface area contributed by atoms with Gasteiger partial charge in [-0.2, -0.15) is 0 Å². The maximum absolute atomic E-state index is 12.7. The fourth-order valence-electron chi connectivity index (χ4n) is 3.62. The van der Waals surface area contributed by atoms with E-state index < -0.39 is 12.1 Å². The lowest BCUT2D eigenvalue weighted by Gasteiger charge is -2.24. The molecule has 0 bridgehead atoms. The van der Waals surface area contributed by atoms with Crippen molar-refractivity contribution in [1.29, 1.82) is 0 Å². The van der Waals surface area contributed by atoms with Crippen LogP contribution in [0.1, 0.15) is 44.7 Å². The molecule has 35 heavy (non-hydrogen) atoms. The Bertz CT molecular complexity index is 871. The normalized spacial score (nSPS) is 11.8. The van der Waals surface area contributed by atoms with Crippen molar-refractivity contribution >= 4 is 12.0 Å². The van der Waals surface area contributed by atoms with E-state index in [1.54, 1.807) is 6.92 Å². The standard InChI is InChI=1S/C28H40N2O5/c1-4-34-26(27(31)32)20-24-13-15-25(16-14-24)35-19-18-30(28(33)29-21-22(2)3)17-9-8-12-23-10-6-5-7-11-23/h5-7,10-11,13-16,22,26H,4,8-9,12,17-21H2,1-3H3,(H,29,33)(H,31,32). The van der Waals surface area contributed by atoms with Crippen molar-refractivity contribution in [1.82, 2.24) is 10.2 Å². The Hall–Kier alpha value is -3.06. The number of rotatable bonds is 16. The van der Waals surface area contributed by atoms with Crippen LogP contribution in [-0.2, 0) is 22.4 Å². The first kappa shape index (κ1) is 28.2. The molecule has 0 aliphatic heterocycles. The van der Waals surface area contributed by atoms with Crippen LogP contribution in [0.5, 0.6) is 5.75 Å². The summed E-state index contributed by atoms with van der Waals surface area (Å²) < 4.78 is 11.2. The number of amides is 2. The number of benzene rings is 2. The number of carbonyl (C=O) groups excluding carboxylic acids is 1. The molecule has 0 radical (unpaired) electrons. The van der Waals surface area contributed by atoms with E-state index in [1.165, 1.54) is 5.56 Å². The van der Waals surface area contributed by atoms with Gasteiger partial charge < -0.3 is 24.8 Å². The molecule has 0 heterocycles. The maximum atomic E-state index is 12.7. The highest BCUT2D eigenvalue weighted by Crippen LogP contribution is 2.15. The molecule has 0 spiro atoms. The number of unbranched alkanes of at least 4 members (excludes halogenated alkanes) is 1. The fourth-order valence-corrected chi connectivity index (χ4v) is 3.62. The highest BCUT2D eigenvalue weighted by molar-refractivity contribution is 5.74. The van der Waals surface area contributed by atoms with Crippen molar-refractivity contribution in [2.45, 2.75) is 52.6 Å². The molecule has 2 N–H and O–H groups in total. The molecule has 0 aromatic heterocycles. The summed E-state index contributed by atoms with van der Waals surface area (Å²) >= 11 is 0. The van der Waals surface area contributed by atoms with Gasteiger partial charge in [0, 0.05) is 26.1 Å². The van der Waals surface area contributed by atoms with E-state index in [0.29, 0.717) is 50.9 Å². The van der Waals surface area contributed by atoms with E-state index in [1.807, 2.05) is 47.4 Å². The lowest BCUT2D eigenvalue weighted by Crippen LogP contribution is -2.43. The molecule has 0 aliphatic carbocycles. The highest BCUT2D eigenvalue weighted by Gasteiger charge is 2.18. The summed E-state index contributed by atoms with van der Waals surface area (Å²) in [6.07, 6.45) is 2.38. The number of hydrogen-bond donors (Lipinski definition) is 2. The molecule has 0 fully saturated rings. The van der Waals surface area contributed by atoms with Crippen molar-refractivity contribution in [3.05, 3.63) is 65.7 Å². The number of ether oxygens (including phenoxy) is 2. The van der Waals surface area contributed by atoms with Gasteiger partial charge in [-0.25, -0.2) is 9.59 Å². The lowest BCUT2D eigenvalue weighted by molar-refractivity contribution is -0.149. The number of carboxylic acids is 1. The molecule has 0 saturated heterocycles. The summed E-state index contributed by atoms with van der Waals surface area (Å²) in [5, 5.41) is 12.3. The summed E-state index contributed by atoms with van der Waals surface area (Å²) in [6.45, 7) is 8.46. The average Bonchev–Trinajstić information content (AvgIpc) is 2.85. The second-order valence-electron chi connectivity index (χ2n) is 8.99. The Morgan fingerprint density at radius 2 is 1.69 bits per heavy atom. The van der Waals surface area contributed by atoms with Crippen LogP contribution in [0.25, 0.3) is 0 Å². The molecule has 2 aromatic rings. The van der Waals surface area contributed by atoms with E-state index in [9.17, 15) is 14.7 Å². The fraction of sp³-hybridized carbons (Fsp3) is 0.500. The largest absolute Gasteiger partial charge is 0.492 e. The number of urea groups is 1. The Kier molecular flexibility index (Phi) is 12.7. The molecule has 7 heteroatoms. The van der Waals surface area contributed by atoms with Crippen LogP contribution < -0.4 is 10.1 Å². The van der Waals surface area contributed by atoms with Gasteiger partial charge in [0.25, 0.3) is 0 Å². The van der Waals surface area contributed by atoms with Gasteiger partial charge in [-0.15, -0.1) is 0 Å². The van der Waals surface area contributed by atoms with Crippen LogP contribution in [0.15, 0.2) is 54.6 Å². The van der Waals surface area contributed by atoms with Gasteiger partial charge in [0.15, 0.2) is 6.10 Å². The second kappa shape index (κ2) is 15.8. The minimum absolute atomic E-state index is 0.0620. The van der Waals surface area contributed by atoms with Crippen molar-refractivity contribution in [2.24, 2.45) is 5.92 Å². The molecular formula is C28H40N2O5. The third kappa shape index (κ3) is 11.3. The molecule has 1 unspecified atom stereocenters. The molecule has 2 amide bonds. The Balaban J connectivity index is 1.83. The average molecular weight is 485 g/mol. The van der Waals surface area contributed by atoms with Crippen LogP contribution >= 0.6 is 0 Å². The van der Waals surface area contributed by atoms with Crippen LogP contribution in [0.2, 0.25) is 0 Å². The zero-order chi connectivity index (χ0) is 25.5. The molecule has 192 valence electrons. The predicted octanol–water partition coefficient (Wildman–Crippen LogP) is 4.79. The smallest absolute Gasteiger partial charge is 0.333 e. The highest BCUT2D eigenvalue weighted by atomic mass is 16.5. The molecule has 0 aliphatic rings. The number of nitrogens with one attached hydrogen (secondary N) is 1. The van der Waals surface area contributed by atoms with E-state index in [0.717, 1.165) is 24.8 Å². The third-order valence-electron chi connectivity index (χ3n) is 5.55. The first-order valence-corrected chi connectivity index (χ1v) is 12.5. The van der Waals surface area contributed by atoms with Gasteiger partial charge in [-0.05, 0) is 55.4 Å². The summed E-state index contributed by atoms with van der Waals surface area (Å²) in [7, 11) is 0. The van der Waals surface area contributed by atoms with Crippen LogP contribution in [0.4, 0.5) is 4.79 Å². The van der Waals surface area contributed by atoms with E-state index in [-0.39, 0.29) is 6.03 Å². The van der Waals surface area contributed by atoms with Gasteiger partial charge >= 0.3 is 12.0 Å². The number of nitrogens with zero attached hydrogens (tertiary/aromatic N) is 1. The summed E-state index contributed by atoms with van der Waals surface area (Å²) in [5.74, 6) is 0.104. The van der Waals surface area contributed by atoms with Crippen LogP contribution in [0.3, 0.4) is 0 Å². The zero-order valence-electron chi connectivity index (χ0n) is 21.2.